The maximum absolute atomic E-state index is 7.00. The fraction of sp³-hybridized carbons (Fsp3) is 0. The average Bonchev–Trinajstić information content (AvgIpc) is 1.00. The summed E-state index contributed by atoms with van der Waals surface area (Å²) in [4.78, 5) is 14.0. The third-order valence-corrected chi connectivity index (χ3v) is 0. The van der Waals surface area contributed by atoms with Crippen molar-refractivity contribution in [1.29, 1.82) is 0 Å². The smallest absolute Gasteiger partial charge is 0 e. The molecule has 0 bridgehead atoms. The summed E-state index contributed by atoms with van der Waals surface area (Å²) in [5.74, 6) is 0. The minimum atomic E-state index is 0. The van der Waals surface area contributed by atoms with Crippen LogP contribution in [0.25, 0.3) is 0 Å². The molecule has 2 nitrogen and oxygen atoms in total. The van der Waals surface area contributed by atoms with E-state index in [4.69, 9.17) is 9.93 Å². The molecule has 0 saturated heterocycles. The van der Waals surface area contributed by atoms with Crippen LogP contribution >= 0.6 is 0 Å². The van der Waals surface area contributed by atoms with E-state index >= 15 is 0 Å². The summed E-state index contributed by atoms with van der Waals surface area (Å²) in [6.45, 7) is 0. The monoisotopic (exact) mass is 261 g/mol. The van der Waals surface area contributed by atoms with E-state index in [0.29, 0.717) is 0 Å². The first-order valence-electron chi connectivity index (χ1n) is 0.167. The van der Waals surface area contributed by atoms with Crippen LogP contribution in [0.5, 0.6) is 0 Å². The maximum Gasteiger partial charge on any atom is 0 e. The molecular formula is LaO2Zr. The first kappa shape index (κ1) is 17.3. The fourth-order valence-electron chi connectivity index (χ4n) is 0. The van der Waals surface area contributed by atoms with Gasteiger partial charge in [-0.15, -0.1) is 0 Å². The first-order chi connectivity index (χ1) is 1.00. The standard InChI is InChI=1S/La.O2.Zr/c;1-2;. The van der Waals surface area contributed by atoms with Crippen molar-refractivity contribution in [2.24, 2.45) is 0 Å². The van der Waals surface area contributed by atoms with E-state index in [0.717, 1.165) is 0 Å². The van der Waals surface area contributed by atoms with Gasteiger partial charge in [-0.2, -0.15) is 0 Å². The van der Waals surface area contributed by atoms with E-state index < -0.39 is 0 Å². The van der Waals surface area contributed by atoms with Crippen molar-refractivity contribution in [2.45, 2.75) is 0 Å². The molecule has 1 radical (unpaired) electrons. The van der Waals surface area contributed by atoms with Gasteiger partial charge < -0.3 is 0 Å². The van der Waals surface area contributed by atoms with Crippen molar-refractivity contribution in [2.75, 3.05) is 0 Å². The van der Waals surface area contributed by atoms with Crippen LogP contribution in [-0.4, -0.2) is 0 Å². The summed E-state index contributed by atoms with van der Waals surface area (Å²) in [5, 5.41) is 0. The van der Waals surface area contributed by atoms with Gasteiger partial charge in [-0.25, -0.2) is 0 Å². The first-order valence-corrected chi connectivity index (χ1v) is 0.167. The molecule has 0 aliphatic heterocycles. The third-order valence-electron chi connectivity index (χ3n) is 0. The van der Waals surface area contributed by atoms with Gasteiger partial charge in [-0.1, -0.05) is 0 Å². The van der Waals surface area contributed by atoms with Gasteiger partial charge in [0.2, 0.25) is 0 Å². The largest absolute Gasteiger partial charge is 0 e. The molecule has 4 heteroatoms. The molecular weight excluding hydrogens is 262 g/mol. The molecule has 0 heterocycles. The molecule has 0 aromatic carbocycles. The number of hydrogen-bond acceptors (Lipinski definition) is 2. The number of rotatable bonds is 0. The summed E-state index contributed by atoms with van der Waals surface area (Å²) in [5.41, 5.74) is 0. The summed E-state index contributed by atoms with van der Waals surface area (Å²) < 4.78 is 0. The molecule has 0 saturated carbocycles. The summed E-state index contributed by atoms with van der Waals surface area (Å²) >= 11 is 0. The van der Waals surface area contributed by atoms with Gasteiger partial charge in [0.05, 0.1) is 0 Å². The van der Waals surface area contributed by atoms with Gasteiger partial charge in [0.1, 0.15) is 0 Å². The van der Waals surface area contributed by atoms with Gasteiger partial charge in [-0.3, -0.25) is 0 Å². The fourth-order valence-corrected chi connectivity index (χ4v) is 0. The van der Waals surface area contributed by atoms with Crippen molar-refractivity contribution < 1.29 is 61.8 Å². The third kappa shape index (κ3) is 9.37. The van der Waals surface area contributed by atoms with Crippen molar-refractivity contribution in [3.05, 3.63) is 9.93 Å². The second kappa shape index (κ2) is 22.5. The van der Waals surface area contributed by atoms with Crippen LogP contribution in [0.15, 0.2) is 0 Å². The minimum absolute atomic E-state index is 0. The van der Waals surface area contributed by atoms with Crippen LogP contribution in [-0.2, 0) is 26.2 Å². The predicted molar refractivity (Wildman–Crippen MR) is 6.73 cm³/mol. The van der Waals surface area contributed by atoms with E-state index in [1.54, 1.807) is 0 Å². The SMILES string of the molecule is O=O.[La].[Zr]. The van der Waals surface area contributed by atoms with Crippen molar-refractivity contribution in [1.82, 2.24) is 0 Å². The second-order valence-corrected chi connectivity index (χ2v) is 0. The minimum Gasteiger partial charge on any atom is 0 e. The Morgan fingerprint density at radius 2 is 1.00 bits per heavy atom. The zero-order valence-corrected chi connectivity index (χ0v) is 7.98. The van der Waals surface area contributed by atoms with E-state index in [1.165, 1.54) is 0 Å². The summed E-state index contributed by atoms with van der Waals surface area (Å²) in [7, 11) is 0. The molecule has 0 aliphatic carbocycles. The zero-order valence-electron chi connectivity index (χ0n) is 1.89. The van der Waals surface area contributed by atoms with E-state index in [-0.39, 0.29) is 61.8 Å². The Bertz CT molecular complexity index is 6.00. The van der Waals surface area contributed by atoms with Crippen LogP contribution in [0.2, 0.25) is 0 Å². The van der Waals surface area contributed by atoms with Gasteiger partial charge in [0.15, 0.2) is 0 Å². The maximum atomic E-state index is 7.00. The Kier molecular flexibility index (Phi) is 97.4. The molecule has 0 spiro atoms. The quantitative estimate of drug-likeness (QED) is 0.619. The number of hydrogen-bond donors (Lipinski definition) is 0. The van der Waals surface area contributed by atoms with Crippen molar-refractivity contribution >= 4 is 0 Å². The topological polar surface area (TPSA) is 34.1 Å². The Labute approximate surface area is 70.7 Å². The zero-order chi connectivity index (χ0) is 2.00. The molecule has 0 unspecified atom stereocenters. The molecule has 0 aliphatic rings. The molecule has 0 aromatic heterocycles. The molecule has 4 heavy (non-hydrogen) atoms. The molecule has 0 amide bonds. The van der Waals surface area contributed by atoms with Crippen LogP contribution in [0.4, 0.5) is 0 Å². The van der Waals surface area contributed by atoms with Gasteiger partial charge in [0.25, 0.3) is 0 Å². The summed E-state index contributed by atoms with van der Waals surface area (Å²) in [6.07, 6.45) is 0. The molecule has 0 atom stereocenters. The molecule has 0 fully saturated rings. The van der Waals surface area contributed by atoms with Crippen LogP contribution in [0.1, 0.15) is 0 Å². The Balaban J connectivity index is -0.00000000500. The molecule has 0 N–H and O–H groups in total. The van der Waals surface area contributed by atoms with E-state index in [2.05, 4.69) is 0 Å². The Morgan fingerprint density at radius 1 is 1.00 bits per heavy atom. The average molecular weight is 262 g/mol. The molecule has 0 aromatic rings. The van der Waals surface area contributed by atoms with Crippen LogP contribution < -0.4 is 0 Å². The van der Waals surface area contributed by atoms with Crippen LogP contribution in [0.3, 0.4) is 0 Å². The predicted octanol–water partition coefficient (Wildman–Crippen LogP) is 0.0645. The van der Waals surface area contributed by atoms with Gasteiger partial charge in [0, 0.05) is 71.7 Å². The second-order valence-electron chi connectivity index (χ2n) is 0. The Hall–Kier alpha value is 1.68. The summed E-state index contributed by atoms with van der Waals surface area (Å²) in [6, 6.07) is 0. The normalized spacial score (nSPS) is 1.00. The van der Waals surface area contributed by atoms with E-state index in [9.17, 15) is 0 Å². The van der Waals surface area contributed by atoms with Crippen molar-refractivity contribution in [3.8, 4) is 0 Å². The van der Waals surface area contributed by atoms with Crippen LogP contribution in [0, 0.1) is 45.5 Å². The van der Waals surface area contributed by atoms with Gasteiger partial charge in [-0.05, 0) is 0 Å². The van der Waals surface area contributed by atoms with Gasteiger partial charge >= 0.3 is 0 Å². The van der Waals surface area contributed by atoms with Crippen molar-refractivity contribution in [3.63, 3.8) is 0 Å². The molecule has 0 rings (SSSR count). The van der Waals surface area contributed by atoms with E-state index in [1.807, 2.05) is 0 Å². The molecule has 19 valence electrons. The Morgan fingerprint density at radius 3 is 1.00 bits per heavy atom.